The minimum Gasteiger partial charge on any atom is -1.00 e. The van der Waals surface area contributed by atoms with Crippen molar-refractivity contribution in [2.24, 2.45) is 0 Å². The summed E-state index contributed by atoms with van der Waals surface area (Å²) in [5, 5.41) is 0. The first-order valence-corrected chi connectivity index (χ1v) is 4.59. The van der Waals surface area contributed by atoms with Crippen LogP contribution < -0.4 is 30.5 Å². The van der Waals surface area contributed by atoms with Crippen LogP contribution in [0, 0.1) is 0 Å². The van der Waals surface area contributed by atoms with E-state index in [1.807, 2.05) is 48.7 Å². The van der Waals surface area contributed by atoms with Gasteiger partial charge in [0.15, 0.2) is 0 Å². The largest absolute Gasteiger partial charge is 1.00 e. The topological polar surface area (TPSA) is 38.9 Å². The molecule has 0 spiro atoms. The van der Waals surface area contributed by atoms with Gasteiger partial charge in [0.1, 0.15) is 0 Å². The van der Waals surface area contributed by atoms with E-state index >= 15 is 0 Å². The molecule has 0 aliphatic carbocycles. The molecule has 1 heterocycles. The lowest BCUT2D eigenvalue weighted by Gasteiger charge is -2.00. The standard InChI is InChI=1S/C12H12N2.2ClH/c13-11-6-4-10(5-7-11)9-12-3-1-2-8-14-12;;/h1-8H,9,13H2;2*1H/p-2. The number of rotatable bonds is 2. The molecule has 1 aromatic heterocycles. The highest BCUT2D eigenvalue weighted by Crippen LogP contribution is 2.09. The number of hydrogen-bond donors (Lipinski definition) is 1. The molecule has 0 bridgehead atoms. The predicted octanol–water partition coefficient (Wildman–Crippen LogP) is -3.74. The van der Waals surface area contributed by atoms with Crippen molar-refractivity contribution < 1.29 is 24.8 Å². The van der Waals surface area contributed by atoms with E-state index in [1.54, 1.807) is 0 Å². The van der Waals surface area contributed by atoms with Crippen LogP contribution in [0.4, 0.5) is 5.69 Å². The van der Waals surface area contributed by atoms with Crippen LogP contribution in [0.15, 0.2) is 48.7 Å². The Morgan fingerprint density at radius 2 is 1.62 bits per heavy atom. The summed E-state index contributed by atoms with van der Waals surface area (Å²) in [7, 11) is 0. The highest BCUT2D eigenvalue weighted by atomic mass is 35.5. The molecule has 0 saturated carbocycles. The molecule has 4 heteroatoms. The van der Waals surface area contributed by atoms with E-state index in [2.05, 4.69) is 4.98 Å². The maximum Gasteiger partial charge on any atom is 0.0447 e. The SMILES string of the molecule is Nc1ccc(Cc2ccccn2)cc1.[Cl-].[Cl-]. The molecule has 0 radical (unpaired) electrons. The van der Waals surface area contributed by atoms with Gasteiger partial charge in [-0.15, -0.1) is 0 Å². The molecule has 2 aromatic rings. The van der Waals surface area contributed by atoms with Crippen LogP contribution in [0.25, 0.3) is 0 Å². The molecule has 86 valence electrons. The number of benzene rings is 1. The number of nitrogens with two attached hydrogens (primary N) is 1. The van der Waals surface area contributed by atoms with Crippen molar-refractivity contribution in [3.8, 4) is 0 Å². The monoisotopic (exact) mass is 254 g/mol. The minimum absolute atomic E-state index is 0. The van der Waals surface area contributed by atoms with E-state index < -0.39 is 0 Å². The number of nitrogen functional groups attached to an aromatic ring is 1. The quantitative estimate of drug-likeness (QED) is 0.560. The average molecular weight is 255 g/mol. The van der Waals surface area contributed by atoms with Gasteiger partial charge < -0.3 is 30.5 Å². The Balaban J connectivity index is 0.00000112. The first kappa shape index (κ1) is 14.8. The predicted molar refractivity (Wildman–Crippen MR) is 57.9 cm³/mol. The average Bonchev–Trinajstić information content (AvgIpc) is 2.23. The van der Waals surface area contributed by atoms with E-state index in [0.29, 0.717) is 0 Å². The Morgan fingerprint density at radius 1 is 0.938 bits per heavy atom. The Bertz CT molecular complexity index is 401. The number of aromatic nitrogens is 1. The first-order valence-electron chi connectivity index (χ1n) is 4.59. The van der Waals surface area contributed by atoms with Gasteiger partial charge in [-0.3, -0.25) is 4.98 Å². The van der Waals surface area contributed by atoms with Crippen LogP contribution in [-0.4, -0.2) is 4.98 Å². The Hall–Kier alpha value is -1.25. The fourth-order valence-electron chi connectivity index (χ4n) is 1.35. The number of nitrogens with zero attached hydrogens (tertiary/aromatic N) is 1. The second-order valence-corrected chi connectivity index (χ2v) is 3.24. The summed E-state index contributed by atoms with van der Waals surface area (Å²) in [4.78, 5) is 4.27. The van der Waals surface area contributed by atoms with Crippen molar-refractivity contribution in [1.82, 2.24) is 4.98 Å². The molecule has 0 atom stereocenters. The highest BCUT2D eigenvalue weighted by Gasteiger charge is 1.95. The summed E-state index contributed by atoms with van der Waals surface area (Å²) in [6, 6.07) is 13.8. The van der Waals surface area contributed by atoms with Crippen LogP contribution in [0.1, 0.15) is 11.3 Å². The van der Waals surface area contributed by atoms with Crippen molar-refractivity contribution in [1.29, 1.82) is 0 Å². The summed E-state index contributed by atoms with van der Waals surface area (Å²) < 4.78 is 0. The summed E-state index contributed by atoms with van der Waals surface area (Å²) in [5.41, 5.74) is 8.72. The molecule has 1 aromatic carbocycles. The lowest BCUT2D eigenvalue weighted by atomic mass is 10.1. The molecule has 0 fully saturated rings. The summed E-state index contributed by atoms with van der Waals surface area (Å²) in [6.45, 7) is 0. The number of halogens is 2. The summed E-state index contributed by atoms with van der Waals surface area (Å²) >= 11 is 0. The number of pyridine rings is 1. The molecule has 2 rings (SSSR count). The van der Waals surface area contributed by atoms with Crippen LogP contribution in [0.5, 0.6) is 0 Å². The van der Waals surface area contributed by atoms with E-state index in [0.717, 1.165) is 17.8 Å². The molecule has 0 aliphatic heterocycles. The molecule has 0 aliphatic rings. The van der Waals surface area contributed by atoms with E-state index in [-0.39, 0.29) is 24.8 Å². The van der Waals surface area contributed by atoms with E-state index in [4.69, 9.17) is 5.73 Å². The minimum atomic E-state index is 0. The van der Waals surface area contributed by atoms with Gasteiger partial charge in [-0.05, 0) is 29.8 Å². The fourth-order valence-corrected chi connectivity index (χ4v) is 1.35. The van der Waals surface area contributed by atoms with Crippen molar-refractivity contribution in [2.45, 2.75) is 6.42 Å². The molecular weight excluding hydrogens is 243 g/mol. The third-order valence-corrected chi connectivity index (χ3v) is 2.09. The maximum atomic E-state index is 5.60. The fraction of sp³-hybridized carbons (Fsp3) is 0.0833. The third kappa shape index (κ3) is 4.09. The smallest absolute Gasteiger partial charge is 0.0447 e. The zero-order valence-corrected chi connectivity index (χ0v) is 10.1. The van der Waals surface area contributed by atoms with Crippen molar-refractivity contribution in [2.75, 3.05) is 5.73 Å². The molecule has 0 unspecified atom stereocenters. The lowest BCUT2D eigenvalue weighted by Crippen LogP contribution is -3.00. The Kier molecular flexibility index (Phi) is 6.54. The normalized spacial score (nSPS) is 8.75. The van der Waals surface area contributed by atoms with Gasteiger partial charge >= 0.3 is 0 Å². The van der Waals surface area contributed by atoms with Gasteiger partial charge in [0.25, 0.3) is 0 Å². The van der Waals surface area contributed by atoms with Gasteiger partial charge in [0, 0.05) is 24.0 Å². The second-order valence-electron chi connectivity index (χ2n) is 3.24. The lowest BCUT2D eigenvalue weighted by molar-refractivity contribution is -0.00100. The van der Waals surface area contributed by atoms with Gasteiger partial charge in [-0.2, -0.15) is 0 Å². The number of hydrogen-bond acceptors (Lipinski definition) is 2. The van der Waals surface area contributed by atoms with Crippen LogP contribution in [0.3, 0.4) is 0 Å². The Labute approximate surface area is 108 Å². The van der Waals surface area contributed by atoms with Crippen molar-refractivity contribution >= 4 is 5.69 Å². The van der Waals surface area contributed by atoms with Crippen LogP contribution in [-0.2, 0) is 6.42 Å². The second kappa shape index (κ2) is 7.09. The molecular formula is C12H12Cl2N2-2. The molecule has 2 nitrogen and oxygen atoms in total. The maximum absolute atomic E-state index is 5.60. The zero-order valence-electron chi connectivity index (χ0n) is 8.61. The van der Waals surface area contributed by atoms with Gasteiger partial charge in [0.2, 0.25) is 0 Å². The molecule has 2 N–H and O–H groups in total. The summed E-state index contributed by atoms with van der Waals surface area (Å²) in [5.74, 6) is 0. The van der Waals surface area contributed by atoms with Gasteiger partial charge in [-0.1, -0.05) is 18.2 Å². The van der Waals surface area contributed by atoms with E-state index in [9.17, 15) is 0 Å². The van der Waals surface area contributed by atoms with E-state index in [1.165, 1.54) is 5.56 Å². The van der Waals surface area contributed by atoms with Crippen molar-refractivity contribution in [3.05, 3.63) is 59.9 Å². The van der Waals surface area contributed by atoms with Gasteiger partial charge in [-0.25, -0.2) is 0 Å². The molecule has 16 heavy (non-hydrogen) atoms. The van der Waals surface area contributed by atoms with Crippen molar-refractivity contribution in [3.63, 3.8) is 0 Å². The zero-order chi connectivity index (χ0) is 9.80. The third-order valence-electron chi connectivity index (χ3n) is 2.09. The van der Waals surface area contributed by atoms with Gasteiger partial charge in [0.05, 0.1) is 0 Å². The highest BCUT2D eigenvalue weighted by molar-refractivity contribution is 5.40. The first-order chi connectivity index (χ1) is 6.84. The van der Waals surface area contributed by atoms with Crippen LogP contribution in [0.2, 0.25) is 0 Å². The molecule has 0 saturated heterocycles. The summed E-state index contributed by atoms with van der Waals surface area (Å²) in [6.07, 6.45) is 2.67. The molecule has 0 amide bonds. The van der Waals surface area contributed by atoms with Crippen LogP contribution >= 0.6 is 0 Å². The number of anilines is 1. The Morgan fingerprint density at radius 3 is 2.19 bits per heavy atom.